The van der Waals surface area contributed by atoms with Crippen molar-refractivity contribution in [3.05, 3.63) is 76.8 Å². The summed E-state index contributed by atoms with van der Waals surface area (Å²) in [6, 6.07) is 15.0. The molecule has 1 N–H and O–H groups in total. The van der Waals surface area contributed by atoms with E-state index in [1.54, 1.807) is 25.3 Å². The molecule has 3 nitrogen and oxygen atoms in total. The fourth-order valence-corrected chi connectivity index (χ4v) is 4.06. The molecule has 0 atom stereocenters. The van der Waals surface area contributed by atoms with Gasteiger partial charge in [0.25, 0.3) is 0 Å². The normalized spacial score (nSPS) is 9.94. The van der Waals surface area contributed by atoms with Gasteiger partial charge in [0.05, 0.1) is 11.6 Å². The van der Waals surface area contributed by atoms with Gasteiger partial charge in [0.15, 0.2) is 0 Å². The summed E-state index contributed by atoms with van der Waals surface area (Å²) in [5.74, 6) is 3.66. The molecule has 36 heavy (non-hydrogen) atoms. The van der Waals surface area contributed by atoms with Crippen LogP contribution in [-0.4, -0.2) is 30.0 Å². The number of halogens is 1. The van der Waals surface area contributed by atoms with Crippen molar-refractivity contribution in [1.82, 2.24) is 0 Å². The zero-order chi connectivity index (χ0) is 27.3. The summed E-state index contributed by atoms with van der Waals surface area (Å²) in [4.78, 5) is 9.91. The Labute approximate surface area is 236 Å². The topological polar surface area (TPSA) is 46.5 Å². The molecule has 0 fully saturated rings. The number of rotatable bonds is 12. The van der Waals surface area contributed by atoms with Crippen LogP contribution in [0, 0.1) is 0 Å². The van der Waals surface area contributed by atoms with Gasteiger partial charge in [-0.15, -0.1) is 0 Å². The number of hydrogen-bond donors (Lipinski definition) is 1. The van der Waals surface area contributed by atoms with Crippen LogP contribution in [0.3, 0.4) is 0 Å². The predicted octanol–water partition coefficient (Wildman–Crippen LogP) is 10.4. The Morgan fingerprint density at radius 1 is 0.889 bits per heavy atom. The summed E-state index contributed by atoms with van der Waals surface area (Å²) in [7, 11) is 5.52. The smallest absolute Gasteiger partial charge is 0.129 e. The van der Waals surface area contributed by atoms with Crippen LogP contribution in [0.1, 0.15) is 71.8 Å². The average Bonchev–Trinajstić information content (AvgIpc) is 2.90. The lowest BCUT2D eigenvalue weighted by atomic mass is 10.2. The van der Waals surface area contributed by atoms with Gasteiger partial charge in [-0.25, -0.2) is 0 Å². The fourth-order valence-electron chi connectivity index (χ4n) is 2.44. The number of phenolic OH excluding ortho intramolecular Hbond substituents is 1. The molecule has 202 valence electrons. The van der Waals surface area contributed by atoms with Gasteiger partial charge in [-0.3, -0.25) is 0 Å². The van der Waals surface area contributed by atoms with E-state index >= 15 is 0 Å². The lowest BCUT2D eigenvalue weighted by Gasteiger charge is -1.98. The summed E-state index contributed by atoms with van der Waals surface area (Å²) >= 11 is 3.15. The Hall–Kier alpha value is -1.63. The van der Waals surface area contributed by atoms with E-state index in [2.05, 4.69) is 54.9 Å². The molecule has 0 saturated carbocycles. The number of para-hydroxylation sites is 1. The van der Waals surface area contributed by atoms with Crippen LogP contribution >= 0.6 is 37.5 Å². The highest BCUT2D eigenvalue weighted by Gasteiger charge is 1.89. The maximum Gasteiger partial charge on any atom is 0.129 e. The van der Waals surface area contributed by atoms with E-state index in [1.165, 1.54) is 42.8 Å². The number of allylic oxidation sites excluding steroid dienone is 3. The van der Waals surface area contributed by atoms with Gasteiger partial charge in [-0.2, -0.15) is 0 Å². The van der Waals surface area contributed by atoms with Crippen LogP contribution in [0.5, 0.6) is 11.5 Å². The molecule has 0 aromatic heterocycles. The lowest BCUT2D eigenvalue weighted by molar-refractivity contribution is -0.107. The number of unbranched alkanes of at least 4 members (excludes halogenated alkanes) is 4. The molecule has 0 unspecified atom stereocenters. The molecule has 6 heteroatoms. The van der Waals surface area contributed by atoms with Crippen molar-refractivity contribution in [2.24, 2.45) is 0 Å². The molecule has 0 amide bonds. The highest BCUT2D eigenvalue weighted by atomic mass is 79.9. The first-order valence-corrected chi connectivity index (χ1v) is 15.8. The molecule has 0 bridgehead atoms. The largest absolute Gasteiger partial charge is 0.507 e. The molecule has 0 radical (unpaired) electrons. The van der Waals surface area contributed by atoms with E-state index in [0.29, 0.717) is 6.42 Å². The molecule has 2 aromatic rings. The summed E-state index contributed by atoms with van der Waals surface area (Å²) in [5, 5.41) is 8.87. The van der Waals surface area contributed by atoms with E-state index in [0.717, 1.165) is 22.9 Å². The van der Waals surface area contributed by atoms with Gasteiger partial charge in [-0.1, -0.05) is 104 Å². The number of hydrogen-bond acceptors (Lipinski definition) is 5. The summed E-state index contributed by atoms with van der Waals surface area (Å²) in [6.07, 6.45) is 16.0. The molecule has 0 spiro atoms. The van der Waals surface area contributed by atoms with Crippen LogP contribution < -0.4 is 4.74 Å². The van der Waals surface area contributed by atoms with Crippen molar-refractivity contribution in [1.29, 1.82) is 0 Å². The molecule has 0 saturated heterocycles. The van der Waals surface area contributed by atoms with E-state index in [9.17, 15) is 4.79 Å². The van der Waals surface area contributed by atoms with Gasteiger partial charge < -0.3 is 14.6 Å². The SMILES string of the molecule is C/C=C/c1ccc(OC)cc1.CCCCC/C=C\CCC=O.CCSSCC.Oc1ccccc1Br. The second-order valence-electron chi connectivity index (χ2n) is 7.25. The van der Waals surface area contributed by atoms with E-state index in [1.807, 2.05) is 64.9 Å². The van der Waals surface area contributed by atoms with Gasteiger partial charge in [0.2, 0.25) is 0 Å². The van der Waals surface area contributed by atoms with Crippen LogP contribution in [0.2, 0.25) is 0 Å². The van der Waals surface area contributed by atoms with Crippen molar-refractivity contribution in [2.75, 3.05) is 18.6 Å². The number of aldehydes is 1. The molecule has 0 aliphatic rings. The number of ether oxygens (including phenoxy) is 1. The van der Waals surface area contributed by atoms with Crippen molar-refractivity contribution < 1.29 is 14.6 Å². The monoisotopic (exact) mass is 596 g/mol. The minimum atomic E-state index is 0.285. The first-order valence-electron chi connectivity index (χ1n) is 12.5. The number of methoxy groups -OCH3 is 1. The van der Waals surface area contributed by atoms with Crippen molar-refractivity contribution in [2.45, 2.75) is 66.2 Å². The molecular formula is C30H45BrO3S2. The first-order chi connectivity index (χ1) is 17.5. The zero-order valence-corrected chi connectivity index (χ0v) is 25.8. The predicted molar refractivity (Wildman–Crippen MR) is 168 cm³/mol. The highest BCUT2D eigenvalue weighted by Crippen LogP contribution is 2.21. The second-order valence-corrected chi connectivity index (χ2v) is 11.1. The van der Waals surface area contributed by atoms with E-state index in [4.69, 9.17) is 9.84 Å². The Kier molecular flexibility index (Phi) is 30.0. The average molecular weight is 598 g/mol. The van der Waals surface area contributed by atoms with Gasteiger partial charge in [-0.05, 0) is 71.9 Å². The quantitative estimate of drug-likeness (QED) is 0.114. The second kappa shape index (κ2) is 29.6. The summed E-state index contributed by atoms with van der Waals surface area (Å²) < 4.78 is 5.76. The van der Waals surface area contributed by atoms with Crippen molar-refractivity contribution in [3.8, 4) is 11.5 Å². The Morgan fingerprint density at radius 2 is 1.50 bits per heavy atom. The van der Waals surface area contributed by atoms with Crippen molar-refractivity contribution in [3.63, 3.8) is 0 Å². The number of benzene rings is 2. The summed E-state index contributed by atoms with van der Waals surface area (Å²) in [5.41, 5.74) is 1.20. The van der Waals surface area contributed by atoms with Crippen LogP contribution in [0.25, 0.3) is 6.08 Å². The van der Waals surface area contributed by atoms with Crippen LogP contribution in [0.4, 0.5) is 0 Å². The molecular weight excluding hydrogens is 552 g/mol. The molecule has 0 aliphatic carbocycles. The highest BCUT2D eigenvalue weighted by molar-refractivity contribution is 9.10. The number of carbonyl (C=O) groups excluding carboxylic acids is 1. The maximum atomic E-state index is 9.91. The standard InChI is InChI=1S/C10H12O.C10H18O.C6H5BrO.C4H10S2/c1-3-4-9-5-7-10(11-2)8-6-9;1-2-3-4-5-6-7-8-9-10-11;7-5-3-1-2-4-6(5)8;1-3-5-6-4-2/h3-8H,1-2H3;6-7,10H,2-5,8-9H2,1H3;1-4,8H;3-4H2,1-2H3/b4-3+;7-6-;;. The number of aromatic hydroxyl groups is 1. The number of carbonyl (C=O) groups is 1. The maximum absolute atomic E-state index is 9.91. The molecule has 0 heterocycles. The summed E-state index contributed by atoms with van der Waals surface area (Å²) in [6.45, 7) is 8.56. The third-order valence-corrected chi connectivity index (χ3v) is 7.46. The van der Waals surface area contributed by atoms with Gasteiger partial charge >= 0.3 is 0 Å². The Bertz CT molecular complexity index is 768. The van der Waals surface area contributed by atoms with Crippen LogP contribution in [-0.2, 0) is 4.79 Å². The Morgan fingerprint density at radius 3 is 1.94 bits per heavy atom. The third-order valence-electron chi connectivity index (χ3n) is 4.24. The Balaban J connectivity index is 0. The molecule has 2 aromatic carbocycles. The molecule has 0 aliphatic heterocycles. The van der Waals surface area contributed by atoms with Gasteiger partial charge in [0, 0.05) is 17.9 Å². The third kappa shape index (κ3) is 25.5. The van der Waals surface area contributed by atoms with E-state index in [-0.39, 0.29) is 5.75 Å². The van der Waals surface area contributed by atoms with Crippen LogP contribution in [0.15, 0.2) is 71.2 Å². The fraction of sp³-hybridized carbons (Fsp3) is 0.433. The van der Waals surface area contributed by atoms with E-state index < -0.39 is 0 Å². The lowest BCUT2D eigenvalue weighted by Crippen LogP contribution is -1.80. The zero-order valence-electron chi connectivity index (χ0n) is 22.6. The van der Waals surface area contributed by atoms with Gasteiger partial charge in [0.1, 0.15) is 17.8 Å². The number of phenols is 1. The minimum absolute atomic E-state index is 0.285. The minimum Gasteiger partial charge on any atom is -0.507 e. The molecule has 2 rings (SSSR count). The first kappa shape index (κ1) is 36.5. The van der Waals surface area contributed by atoms with Crippen molar-refractivity contribution >= 4 is 49.9 Å².